The molecule has 1 saturated carbocycles. The van der Waals surface area contributed by atoms with Crippen LogP contribution in [0.25, 0.3) is 5.52 Å². The molecule has 4 rings (SSSR count). The van der Waals surface area contributed by atoms with Crippen molar-refractivity contribution in [3.8, 4) is 5.75 Å². The van der Waals surface area contributed by atoms with Crippen molar-refractivity contribution < 1.29 is 14.3 Å². The van der Waals surface area contributed by atoms with E-state index in [-0.39, 0.29) is 29.4 Å². The van der Waals surface area contributed by atoms with E-state index in [2.05, 4.69) is 15.6 Å². The van der Waals surface area contributed by atoms with Crippen LogP contribution in [0.4, 0.5) is 0 Å². The standard InChI is InChI=1S/C22H24N4O3/c1-29-17-11-9-15(10-12-17)14-23-21(27)19-18-8-4-5-13-26(18)20(25-19)22(28)24-16-6-2-3-7-16/h4-5,8-13,16H,2-3,6-7,14H2,1H3,(H,23,27)(H,24,28). The minimum absolute atomic E-state index is 0.186. The Morgan fingerprint density at radius 2 is 1.86 bits per heavy atom. The molecule has 2 aromatic heterocycles. The number of carbonyl (C=O) groups excluding carboxylic acids is 2. The van der Waals surface area contributed by atoms with E-state index >= 15 is 0 Å². The van der Waals surface area contributed by atoms with Crippen LogP contribution in [0.1, 0.15) is 52.4 Å². The number of amides is 2. The summed E-state index contributed by atoms with van der Waals surface area (Å²) in [5, 5.41) is 5.93. The molecular formula is C22H24N4O3. The first-order valence-electron chi connectivity index (χ1n) is 9.85. The van der Waals surface area contributed by atoms with Crippen LogP contribution in [0, 0.1) is 0 Å². The van der Waals surface area contributed by atoms with Crippen LogP contribution in [0.2, 0.25) is 0 Å². The first-order valence-corrected chi connectivity index (χ1v) is 9.85. The van der Waals surface area contributed by atoms with Crippen molar-refractivity contribution >= 4 is 17.3 Å². The van der Waals surface area contributed by atoms with Crippen molar-refractivity contribution in [2.75, 3.05) is 7.11 Å². The fourth-order valence-corrected chi connectivity index (χ4v) is 3.69. The zero-order valence-electron chi connectivity index (χ0n) is 16.4. The van der Waals surface area contributed by atoms with Gasteiger partial charge in [0.15, 0.2) is 5.69 Å². The number of methoxy groups -OCH3 is 1. The molecule has 0 unspecified atom stereocenters. The highest BCUT2D eigenvalue weighted by molar-refractivity contribution is 6.02. The average molecular weight is 392 g/mol. The molecule has 0 radical (unpaired) electrons. The number of benzene rings is 1. The number of carbonyl (C=O) groups is 2. The van der Waals surface area contributed by atoms with Crippen LogP contribution in [0.15, 0.2) is 48.7 Å². The highest BCUT2D eigenvalue weighted by Gasteiger charge is 2.24. The molecule has 0 spiro atoms. The number of hydrogen-bond acceptors (Lipinski definition) is 4. The minimum atomic E-state index is -0.315. The van der Waals surface area contributed by atoms with Gasteiger partial charge in [-0.25, -0.2) is 4.98 Å². The van der Waals surface area contributed by atoms with Crippen LogP contribution < -0.4 is 15.4 Å². The van der Waals surface area contributed by atoms with E-state index < -0.39 is 0 Å². The number of nitrogens with one attached hydrogen (secondary N) is 2. The van der Waals surface area contributed by atoms with Gasteiger partial charge in [-0.1, -0.05) is 31.0 Å². The van der Waals surface area contributed by atoms with E-state index in [1.165, 1.54) is 0 Å². The van der Waals surface area contributed by atoms with Crippen LogP contribution in [0.5, 0.6) is 5.75 Å². The molecule has 2 N–H and O–H groups in total. The predicted octanol–water partition coefficient (Wildman–Crippen LogP) is 2.95. The number of imidazole rings is 1. The maximum absolute atomic E-state index is 12.8. The molecule has 3 aromatic rings. The summed E-state index contributed by atoms with van der Waals surface area (Å²) in [4.78, 5) is 29.9. The molecule has 1 aliphatic carbocycles. The third kappa shape index (κ3) is 4.08. The number of fused-ring (bicyclic) bond motifs is 1. The third-order valence-corrected chi connectivity index (χ3v) is 5.27. The number of ether oxygens (including phenoxy) is 1. The second-order valence-corrected chi connectivity index (χ2v) is 7.23. The molecule has 7 heteroatoms. The number of nitrogens with zero attached hydrogens (tertiary/aromatic N) is 2. The van der Waals surface area contributed by atoms with Gasteiger partial charge in [0, 0.05) is 18.8 Å². The zero-order valence-corrected chi connectivity index (χ0v) is 16.4. The summed E-state index contributed by atoms with van der Waals surface area (Å²) in [7, 11) is 1.61. The fourth-order valence-electron chi connectivity index (χ4n) is 3.69. The predicted molar refractivity (Wildman–Crippen MR) is 109 cm³/mol. The lowest BCUT2D eigenvalue weighted by molar-refractivity contribution is 0.0926. The molecule has 0 saturated heterocycles. The van der Waals surface area contributed by atoms with Gasteiger partial charge >= 0.3 is 0 Å². The summed E-state index contributed by atoms with van der Waals surface area (Å²) in [5.41, 5.74) is 1.80. The maximum atomic E-state index is 12.8. The van der Waals surface area contributed by atoms with E-state index in [9.17, 15) is 9.59 Å². The molecule has 1 aliphatic rings. The minimum Gasteiger partial charge on any atom is -0.497 e. The molecule has 150 valence electrons. The van der Waals surface area contributed by atoms with Gasteiger partial charge in [0.25, 0.3) is 11.8 Å². The van der Waals surface area contributed by atoms with E-state index in [1.54, 1.807) is 23.8 Å². The number of rotatable bonds is 6. The zero-order chi connectivity index (χ0) is 20.2. The molecular weight excluding hydrogens is 368 g/mol. The Hall–Kier alpha value is -3.35. The molecule has 0 aliphatic heterocycles. The largest absolute Gasteiger partial charge is 0.497 e. The summed E-state index contributed by atoms with van der Waals surface area (Å²) >= 11 is 0. The van der Waals surface area contributed by atoms with Crippen molar-refractivity contribution in [1.82, 2.24) is 20.0 Å². The maximum Gasteiger partial charge on any atom is 0.287 e. The van der Waals surface area contributed by atoms with Crippen LogP contribution >= 0.6 is 0 Å². The summed E-state index contributed by atoms with van der Waals surface area (Å²) in [6.07, 6.45) is 6.00. The Bertz CT molecular complexity index is 1020. The Labute approximate surface area is 169 Å². The topological polar surface area (TPSA) is 84.7 Å². The lowest BCUT2D eigenvalue weighted by Crippen LogP contribution is -2.34. The van der Waals surface area contributed by atoms with Crippen molar-refractivity contribution in [1.29, 1.82) is 0 Å². The quantitative estimate of drug-likeness (QED) is 0.675. The van der Waals surface area contributed by atoms with Gasteiger partial charge in [-0.3, -0.25) is 14.0 Å². The second-order valence-electron chi connectivity index (χ2n) is 7.23. The summed E-state index contributed by atoms with van der Waals surface area (Å²) < 4.78 is 6.82. The Morgan fingerprint density at radius 3 is 2.59 bits per heavy atom. The Balaban J connectivity index is 1.53. The van der Waals surface area contributed by atoms with Crippen molar-refractivity contribution in [2.24, 2.45) is 0 Å². The number of hydrogen-bond donors (Lipinski definition) is 2. The number of aromatic nitrogens is 2. The molecule has 29 heavy (non-hydrogen) atoms. The van der Waals surface area contributed by atoms with Crippen molar-refractivity contribution in [3.63, 3.8) is 0 Å². The molecule has 2 heterocycles. The van der Waals surface area contributed by atoms with Gasteiger partial charge in [-0.2, -0.15) is 0 Å². The van der Waals surface area contributed by atoms with Gasteiger partial charge in [-0.05, 0) is 42.7 Å². The lowest BCUT2D eigenvalue weighted by Gasteiger charge is -2.10. The SMILES string of the molecule is COc1ccc(CNC(=O)c2nc(C(=O)NC3CCCC3)n3ccccc23)cc1. The van der Waals surface area contributed by atoms with E-state index in [1.807, 2.05) is 36.4 Å². The highest BCUT2D eigenvalue weighted by atomic mass is 16.5. The summed E-state index contributed by atoms with van der Waals surface area (Å²) in [5.74, 6) is 0.442. The van der Waals surface area contributed by atoms with Crippen molar-refractivity contribution in [3.05, 3.63) is 65.7 Å². The molecule has 1 aromatic carbocycles. The summed E-state index contributed by atoms with van der Waals surface area (Å²) in [6.45, 7) is 0.359. The normalized spacial score (nSPS) is 14.1. The molecule has 2 amide bonds. The smallest absolute Gasteiger partial charge is 0.287 e. The lowest BCUT2D eigenvalue weighted by atomic mass is 10.2. The highest BCUT2D eigenvalue weighted by Crippen LogP contribution is 2.19. The molecule has 0 atom stereocenters. The fraction of sp³-hybridized carbons (Fsp3) is 0.318. The van der Waals surface area contributed by atoms with Gasteiger partial charge in [0.1, 0.15) is 5.75 Å². The molecule has 1 fully saturated rings. The Kier molecular flexibility index (Phi) is 5.46. The first kappa shape index (κ1) is 19.0. The van der Waals surface area contributed by atoms with E-state index in [0.29, 0.717) is 12.1 Å². The second kappa shape index (κ2) is 8.34. The van der Waals surface area contributed by atoms with Crippen LogP contribution in [-0.2, 0) is 6.54 Å². The number of pyridine rings is 1. The first-order chi connectivity index (χ1) is 14.2. The van der Waals surface area contributed by atoms with Crippen molar-refractivity contribution in [2.45, 2.75) is 38.3 Å². The van der Waals surface area contributed by atoms with Gasteiger partial charge in [0.05, 0.1) is 12.6 Å². The van der Waals surface area contributed by atoms with Crippen LogP contribution in [0.3, 0.4) is 0 Å². The average Bonchev–Trinajstić information content (AvgIpc) is 3.40. The molecule has 7 nitrogen and oxygen atoms in total. The third-order valence-electron chi connectivity index (χ3n) is 5.27. The van der Waals surface area contributed by atoms with E-state index in [0.717, 1.165) is 37.0 Å². The Morgan fingerprint density at radius 1 is 1.10 bits per heavy atom. The van der Waals surface area contributed by atoms with Gasteiger partial charge in [0.2, 0.25) is 5.82 Å². The monoisotopic (exact) mass is 392 g/mol. The van der Waals surface area contributed by atoms with E-state index in [4.69, 9.17) is 4.74 Å². The van der Waals surface area contributed by atoms with Gasteiger partial charge < -0.3 is 15.4 Å². The van der Waals surface area contributed by atoms with Crippen LogP contribution in [-0.4, -0.2) is 34.4 Å². The summed E-state index contributed by atoms with van der Waals surface area (Å²) in [6, 6.07) is 13.1. The van der Waals surface area contributed by atoms with Gasteiger partial charge in [-0.15, -0.1) is 0 Å². The molecule has 0 bridgehead atoms.